The van der Waals surface area contributed by atoms with Crippen LogP contribution in [0.4, 0.5) is 0 Å². The molecule has 0 unspecified atom stereocenters. The molecular formula is C13H18O2. The van der Waals surface area contributed by atoms with Crippen molar-refractivity contribution < 1.29 is 9.84 Å². The summed E-state index contributed by atoms with van der Waals surface area (Å²) in [5, 5.41) is 8.69. The van der Waals surface area contributed by atoms with Gasteiger partial charge in [0.1, 0.15) is 5.75 Å². The van der Waals surface area contributed by atoms with Gasteiger partial charge in [0, 0.05) is 12.2 Å². The summed E-state index contributed by atoms with van der Waals surface area (Å²) in [4.78, 5) is 0. The van der Waals surface area contributed by atoms with Gasteiger partial charge in [0.2, 0.25) is 0 Å². The third-order valence-electron chi connectivity index (χ3n) is 2.30. The van der Waals surface area contributed by atoms with Gasteiger partial charge >= 0.3 is 0 Å². The van der Waals surface area contributed by atoms with Crippen molar-refractivity contribution in [3.05, 3.63) is 35.4 Å². The highest BCUT2D eigenvalue weighted by Gasteiger charge is 1.99. The second-order valence-electron chi connectivity index (χ2n) is 3.34. The number of ether oxygens (including phenoxy) is 1. The van der Waals surface area contributed by atoms with Crippen LogP contribution < -0.4 is 4.74 Å². The fraction of sp³-hybridized carbons (Fsp3) is 0.385. The fourth-order valence-corrected chi connectivity index (χ4v) is 1.42. The summed E-state index contributed by atoms with van der Waals surface area (Å²) in [7, 11) is 1.67. The quantitative estimate of drug-likeness (QED) is 0.802. The van der Waals surface area contributed by atoms with Gasteiger partial charge in [-0.2, -0.15) is 0 Å². The summed E-state index contributed by atoms with van der Waals surface area (Å²) in [6.45, 7) is 2.31. The lowest BCUT2D eigenvalue weighted by molar-refractivity contribution is 0.303. The molecule has 82 valence electrons. The molecule has 0 saturated carbocycles. The molecule has 2 heteroatoms. The summed E-state index contributed by atoms with van der Waals surface area (Å²) < 4.78 is 5.26. The second kappa shape index (κ2) is 6.25. The largest absolute Gasteiger partial charge is 0.496 e. The molecule has 0 aliphatic carbocycles. The number of benzene rings is 1. The van der Waals surface area contributed by atoms with E-state index in [0.717, 1.165) is 17.7 Å². The van der Waals surface area contributed by atoms with Crippen molar-refractivity contribution in [1.29, 1.82) is 0 Å². The molecule has 1 aromatic rings. The van der Waals surface area contributed by atoms with Crippen LogP contribution >= 0.6 is 0 Å². The maximum Gasteiger partial charge on any atom is 0.126 e. The summed E-state index contributed by atoms with van der Waals surface area (Å²) in [6, 6.07) is 6.17. The first-order chi connectivity index (χ1) is 7.31. The van der Waals surface area contributed by atoms with E-state index in [1.165, 1.54) is 5.56 Å². The van der Waals surface area contributed by atoms with E-state index in [2.05, 4.69) is 19.1 Å². The lowest BCUT2D eigenvalue weighted by atomic mass is 10.1. The number of methoxy groups -OCH3 is 1. The highest BCUT2D eigenvalue weighted by molar-refractivity contribution is 5.58. The Morgan fingerprint density at radius 3 is 2.80 bits per heavy atom. The molecule has 0 heterocycles. The van der Waals surface area contributed by atoms with Crippen molar-refractivity contribution >= 4 is 6.08 Å². The summed E-state index contributed by atoms with van der Waals surface area (Å²) in [6.07, 6.45) is 5.65. The van der Waals surface area contributed by atoms with Gasteiger partial charge in [-0.1, -0.05) is 25.1 Å². The lowest BCUT2D eigenvalue weighted by Gasteiger charge is -2.06. The van der Waals surface area contributed by atoms with Gasteiger partial charge in [-0.25, -0.2) is 0 Å². The maximum absolute atomic E-state index is 8.69. The molecule has 0 saturated heterocycles. The van der Waals surface area contributed by atoms with Crippen LogP contribution in [0.15, 0.2) is 24.3 Å². The number of aliphatic hydroxyl groups excluding tert-OH is 1. The zero-order valence-electron chi connectivity index (χ0n) is 9.36. The van der Waals surface area contributed by atoms with Crippen LogP contribution in [0.25, 0.3) is 6.08 Å². The minimum atomic E-state index is 0.187. The first-order valence-corrected chi connectivity index (χ1v) is 5.26. The lowest BCUT2D eigenvalue weighted by Crippen LogP contribution is -1.89. The first-order valence-electron chi connectivity index (χ1n) is 5.26. The van der Waals surface area contributed by atoms with Crippen molar-refractivity contribution in [2.75, 3.05) is 13.7 Å². The Hall–Kier alpha value is -1.28. The summed E-state index contributed by atoms with van der Waals surface area (Å²) in [5.74, 6) is 0.876. The van der Waals surface area contributed by atoms with Gasteiger partial charge in [-0.3, -0.25) is 0 Å². The van der Waals surface area contributed by atoms with Crippen molar-refractivity contribution in [3.63, 3.8) is 0 Å². The monoisotopic (exact) mass is 206 g/mol. The third kappa shape index (κ3) is 3.40. The smallest absolute Gasteiger partial charge is 0.126 e. The molecule has 2 nitrogen and oxygen atoms in total. The van der Waals surface area contributed by atoms with Gasteiger partial charge in [-0.15, -0.1) is 0 Å². The van der Waals surface area contributed by atoms with Crippen molar-refractivity contribution in [2.24, 2.45) is 0 Å². The standard InChI is InChI=1S/C13H18O2/c1-3-11-7-8-13(15-2)12(10-11)6-4-5-9-14/h4,6-8,10,14H,3,5,9H2,1-2H3/b6-4+. The van der Waals surface area contributed by atoms with Crippen molar-refractivity contribution in [3.8, 4) is 5.75 Å². The van der Waals surface area contributed by atoms with Crippen molar-refractivity contribution in [1.82, 2.24) is 0 Å². The minimum Gasteiger partial charge on any atom is -0.496 e. The van der Waals surface area contributed by atoms with Crippen molar-refractivity contribution in [2.45, 2.75) is 19.8 Å². The van der Waals surface area contributed by atoms with E-state index >= 15 is 0 Å². The minimum absolute atomic E-state index is 0.187. The number of hydrogen-bond acceptors (Lipinski definition) is 2. The molecule has 0 radical (unpaired) electrons. The zero-order valence-corrected chi connectivity index (χ0v) is 9.36. The van der Waals surface area contributed by atoms with E-state index in [1.54, 1.807) is 7.11 Å². The Balaban J connectivity index is 2.90. The van der Waals surface area contributed by atoms with E-state index in [4.69, 9.17) is 9.84 Å². The predicted octanol–water partition coefficient (Wildman–Crippen LogP) is 2.65. The summed E-state index contributed by atoms with van der Waals surface area (Å²) in [5.41, 5.74) is 2.37. The SMILES string of the molecule is CCc1ccc(OC)c(/C=C/CCO)c1. The van der Waals surface area contributed by atoms with E-state index in [-0.39, 0.29) is 6.61 Å². The molecule has 0 atom stereocenters. The Kier molecular flexibility index (Phi) is 4.91. The number of aliphatic hydroxyl groups is 1. The second-order valence-corrected chi connectivity index (χ2v) is 3.34. The highest BCUT2D eigenvalue weighted by atomic mass is 16.5. The normalized spacial score (nSPS) is 10.9. The third-order valence-corrected chi connectivity index (χ3v) is 2.30. The Bertz CT molecular complexity index is 329. The van der Waals surface area contributed by atoms with Crippen LogP contribution in [-0.2, 0) is 6.42 Å². The molecule has 0 aliphatic heterocycles. The molecule has 1 rings (SSSR count). The van der Waals surface area contributed by atoms with Crippen LogP contribution in [0.3, 0.4) is 0 Å². The predicted molar refractivity (Wildman–Crippen MR) is 63.1 cm³/mol. The molecule has 0 fully saturated rings. The molecule has 15 heavy (non-hydrogen) atoms. The molecule has 1 N–H and O–H groups in total. The Morgan fingerprint density at radius 1 is 1.40 bits per heavy atom. The number of hydrogen-bond donors (Lipinski definition) is 1. The van der Waals surface area contributed by atoms with Gasteiger partial charge in [0.15, 0.2) is 0 Å². The molecule has 1 aromatic carbocycles. The van der Waals surface area contributed by atoms with Crippen LogP contribution in [0.5, 0.6) is 5.75 Å². The van der Waals surface area contributed by atoms with Gasteiger partial charge in [-0.05, 0) is 30.5 Å². The van der Waals surface area contributed by atoms with E-state index in [0.29, 0.717) is 6.42 Å². The van der Waals surface area contributed by atoms with E-state index in [9.17, 15) is 0 Å². The molecular weight excluding hydrogens is 188 g/mol. The van der Waals surface area contributed by atoms with Crippen LogP contribution in [0, 0.1) is 0 Å². The zero-order chi connectivity index (χ0) is 11.1. The topological polar surface area (TPSA) is 29.5 Å². The average molecular weight is 206 g/mol. The van der Waals surface area contributed by atoms with E-state index in [1.807, 2.05) is 18.2 Å². The van der Waals surface area contributed by atoms with Gasteiger partial charge in [0.25, 0.3) is 0 Å². The number of aryl methyl sites for hydroxylation is 1. The molecule has 0 amide bonds. The Morgan fingerprint density at radius 2 is 2.20 bits per heavy atom. The van der Waals surface area contributed by atoms with Gasteiger partial charge < -0.3 is 9.84 Å². The highest BCUT2D eigenvalue weighted by Crippen LogP contribution is 2.21. The molecule has 0 bridgehead atoms. The maximum atomic E-state index is 8.69. The van der Waals surface area contributed by atoms with E-state index < -0.39 is 0 Å². The average Bonchev–Trinajstić information content (AvgIpc) is 2.29. The number of rotatable bonds is 5. The Labute approximate surface area is 91.2 Å². The van der Waals surface area contributed by atoms with Crippen LogP contribution in [0.1, 0.15) is 24.5 Å². The molecule has 0 aliphatic rings. The summed E-state index contributed by atoms with van der Waals surface area (Å²) >= 11 is 0. The molecule has 0 aromatic heterocycles. The van der Waals surface area contributed by atoms with Crippen LogP contribution in [-0.4, -0.2) is 18.8 Å². The molecule has 0 spiro atoms. The fourth-order valence-electron chi connectivity index (χ4n) is 1.42. The van der Waals surface area contributed by atoms with Crippen LogP contribution in [0.2, 0.25) is 0 Å². The van der Waals surface area contributed by atoms with Gasteiger partial charge in [0.05, 0.1) is 7.11 Å². The first kappa shape index (κ1) is 11.8.